The number of hydrogen-bond acceptors (Lipinski definition) is 5. The maximum absolute atomic E-state index is 12.8. The molecule has 0 aliphatic rings. The number of aromatic nitrogens is 3. The predicted molar refractivity (Wildman–Crippen MR) is 93.3 cm³/mol. The first-order valence-corrected chi connectivity index (χ1v) is 7.91. The van der Waals surface area contributed by atoms with Gasteiger partial charge in [-0.1, -0.05) is 35.9 Å². The Hall–Kier alpha value is -2.87. The monoisotopic (exact) mass is 379 g/mol. The molecule has 2 aromatic carbocycles. The second-order valence-electron chi connectivity index (χ2n) is 5.31. The van der Waals surface area contributed by atoms with Gasteiger partial charge in [0.05, 0.1) is 11.8 Å². The van der Waals surface area contributed by atoms with Crippen molar-refractivity contribution in [2.45, 2.75) is 12.7 Å². The highest BCUT2D eigenvalue weighted by Gasteiger charge is 2.30. The van der Waals surface area contributed by atoms with E-state index in [2.05, 4.69) is 25.8 Å². The summed E-state index contributed by atoms with van der Waals surface area (Å²) in [6.45, 7) is 0.418. The molecule has 1 heterocycles. The van der Waals surface area contributed by atoms with E-state index in [-0.39, 0.29) is 11.6 Å². The molecular weight excluding hydrogens is 367 g/mol. The lowest BCUT2D eigenvalue weighted by atomic mass is 10.2. The predicted octanol–water partition coefficient (Wildman–Crippen LogP) is 4.90. The van der Waals surface area contributed by atoms with Gasteiger partial charge in [-0.05, 0) is 29.8 Å². The highest BCUT2D eigenvalue weighted by molar-refractivity contribution is 6.31. The SMILES string of the molecule is FC(F)(F)c1cccc(Nc2nncc(NCc3ccccc3Cl)n2)c1. The average molecular weight is 380 g/mol. The van der Waals surface area contributed by atoms with Crippen LogP contribution in [-0.4, -0.2) is 15.2 Å². The summed E-state index contributed by atoms with van der Waals surface area (Å²) in [5, 5.41) is 13.9. The maximum Gasteiger partial charge on any atom is 0.416 e. The van der Waals surface area contributed by atoms with E-state index in [1.54, 1.807) is 6.07 Å². The van der Waals surface area contributed by atoms with Gasteiger partial charge in [0.1, 0.15) is 0 Å². The summed E-state index contributed by atoms with van der Waals surface area (Å²) in [4.78, 5) is 4.18. The quantitative estimate of drug-likeness (QED) is 0.660. The molecule has 0 saturated carbocycles. The molecule has 0 fully saturated rings. The van der Waals surface area contributed by atoms with Gasteiger partial charge in [-0.3, -0.25) is 0 Å². The summed E-state index contributed by atoms with van der Waals surface area (Å²) in [6.07, 6.45) is -3.01. The molecule has 5 nitrogen and oxygen atoms in total. The second-order valence-corrected chi connectivity index (χ2v) is 5.72. The Balaban J connectivity index is 1.71. The van der Waals surface area contributed by atoms with Gasteiger partial charge in [0.2, 0.25) is 5.95 Å². The molecule has 3 rings (SSSR count). The number of anilines is 3. The topological polar surface area (TPSA) is 62.7 Å². The third-order valence-electron chi connectivity index (χ3n) is 3.42. The van der Waals surface area contributed by atoms with E-state index in [9.17, 15) is 13.2 Å². The second kappa shape index (κ2) is 7.57. The Morgan fingerprint density at radius 2 is 1.85 bits per heavy atom. The third kappa shape index (κ3) is 4.60. The van der Waals surface area contributed by atoms with E-state index in [1.807, 2.05) is 18.2 Å². The molecule has 9 heteroatoms. The first-order valence-electron chi connectivity index (χ1n) is 7.53. The van der Waals surface area contributed by atoms with Crippen molar-refractivity contribution >= 4 is 29.1 Å². The largest absolute Gasteiger partial charge is 0.416 e. The number of alkyl halides is 3. The number of benzene rings is 2. The van der Waals surface area contributed by atoms with Crippen molar-refractivity contribution in [1.82, 2.24) is 15.2 Å². The van der Waals surface area contributed by atoms with Crippen LogP contribution in [0, 0.1) is 0 Å². The van der Waals surface area contributed by atoms with Crippen LogP contribution in [-0.2, 0) is 12.7 Å². The fourth-order valence-corrected chi connectivity index (χ4v) is 2.37. The summed E-state index contributed by atoms with van der Waals surface area (Å²) in [7, 11) is 0. The van der Waals surface area contributed by atoms with Gasteiger partial charge < -0.3 is 10.6 Å². The average Bonchev–Trinajstić information content (AvgIpc) is 2.61. The van der Waals surface area contributed by atoms with Crippen LogP contribution >= 0.6 is 11.6 Å². The van der Waals surface area contributed by atoms with E-state index in [1.165, 1.54) is 18.3 Å². The van der Waals surface area contributed by atoms with Gasteiger partial charge in [-0.25, -0.2) is 0 Å². The van der Waals surface area contributed by atoms with Crippen molar-refractivity contribution in [1.29, 1.82) is 0 Å². The fraction of sp³-hybridized carbons (Fsp3) is 0.118. The summed E-state index contributed by atoms with van der Waals surface area (Å²) in [6, 6.07) is 12.1. The number of hydrogen-bond donors (Lipinski definition) is 2. The lowest BCUT2D eigenvalue weighted by Crippen LogP contribution is -2.07. The molecule has 0 radical (unpaired) electrons. The van der Waals surface area contributed by atoms with E-state index in [0.29, 0.717) is 17.4 Å². The molecule has 0 spiro atoms. The summed E-state index contributed by atoms with van der Waals surface area (Å²) >= 11 is 6.09. The zero-order valence-corrected chi connectivity index (χ0v) is 14.0. The molecule has 134 valence electrons. The first-order chi connectivity index (χ1) is 12.4. The van der Waals surface area contributed by atoms with Crippen molar-refractivity contribution in [3.63, 3.8) is 0 Å². The number of nitrogens with zero attached hydrogens (tertiary/aromatic N) is 3. The van der Waals surface area contributed by atoms with Crippen LogP contribution in [0.25, 0.3) is 0 Å². The molecule has 0 atom stereocenters. The van der Waals surface area contributed by atoms with E-state index >= 15 is 0 Å². The van der Waals surface area contributed by atoms with Crippen LogP contribution in [0.1, 0.15) is 11.1 Å². The minimum atomic E-state index is -4.42. The Labute approximate surface area is 152 Å². The van der Waals surface area contributed by atoms with E-state index < -0.39 is 11.7 Å². The van der Waals surface area contributed by atoms with Crippen molar-refractivity contribution < 1.29 is 13.2 Å². The molecule has 1 aromatic heterocycles. The molecule has 2 N–H and O–H groups in total. The Bertz CT molecular complexity index is 901. The molecule has 0 amide bonds. The molecule has 0 aliphatic heterocycles. The molecule has 0 saturated heterocycles. The smallest absolute Gasteiger partial charge is 0.364 e. The minimum absolute atomic E-state index is 0.0773. The van der Waals surface area contributed by atoms with Gasteiger partial charge >= 0.3 is 6.18 Å². The van der Waals surface area contributed by atoms with Crippen LogP contribution in [0.5, 0.6) is 0 Å². The van der Waals surface area contributed by atoms with Crippen LogP contribution < -0.4 is 10.6 Å². The summed E-state index contributed by atoms with van der Waals surface area (Å²) in [5.41, 5.74) is 0.327. The van der Waals surface area contributed by atoms with Gasteiger partial charge in [0.15, 0.2) is 5.82 Å². The van der Waals surface area contributed by atoms with E-state index in [4.69, 9.17) is 11.6 Å². The fourth-order valence-electron chi connectivity index (χ4n) is 2.17. The highest BCUT2D eigenvalue weighted by atomic mass is 35.5. The minimum Gasteiger partial charge on any atom is -0.364 e. The molecule has 3 aromatic rings. The van der Waals surface area contributed by atoms with Crippen LogP contribution in [0.2, 0.25) is 5.02 Å². The molecule has 0 aliphatic carbocycles. The first kappa shape index (κ1) is 17.9. The van der Waals surface area contributed by atoms with E-state index in [0.717, 1.165) is 17.7 Å². The molecular formula is C17H13ClF3N5. The molecule has 26 heavy (non-hydrogen) atoms. The lowest BCUT2D eigenvalue weighted by Gasteiger charge is -2.10. The normalized spacial score (nSPS) is 11.2. The number of halogens is 4. The molecule has 0 bridgehead atoms. The van der Waals surface area contributed by atoms with Crippen molar-refractivity contribution in [2.24, 2.45) is 0 Å². The van der Waals surface area contributed by atoms with Crippen molar-refractivity contribution in [3.05, 3.63) is 70.9 Å². The number of rotatable bonds is 5. The van der Waals surface area contributed by atoms with Crippen LogP contribution in [0.15, 0.2) is 54.7 Å². The zero-order chi connectivity index (χ0) is 18.6. The standard InChI is InChI=1S/C17H13ClF3N5/c18-14-7-2-1-4-11(14)9-22-15-10-23-26-16(25-15)24-13-6-3-5-12(8-13)17(19,20)21/h1-8,10H,9H2,(H2,22,24,25,26). The Morgan fingerprint density at radius 3 is 2.62 bits per heavy atom. The third-order valence-corrected chi connectivity index (χ3v) is 3.79. The van der Waals surface area contributed by atoms with Crippen molar-refractivity contribution in [3.8, 4) is 0 Å². The van der Waals surface area contributed by atoms with Crippen LogP contribution in [0.4, 0.5) is 30.6 Å². The van der Waals surface area contributed by atoms with Gasteiger partial charge in [-0.2, -0.15) is 23.3 Å². The Morgan fingerprint density at radius 1 is 1.04 bits per heavy atom. The number of nitrogens with one attached hydrogen (secondary N) is 2. The summed E-state index contributed by atoms with van der Waals surface area (Å²) < 4.78 is 38.3. The van der Waals surface area contributed by atoms with Gasteiger partial charge in [-0.15, -0.1) is 5.10 Å². The Kier molecular flexibility index (Phi) is 5.22. The highest BCUT2D eigenvalue weighted by Crippen LogP contribution is 2.31. The van der Waals surface area contributed by atoms with Gasteiger partial charge in [0.25, 0.3) is 0 Å². The summed E-state index contributed by atoms with van der Waals surface area (Å²) in [5.74, 6) is 0.489. The van der Waals surface area contributed by atoms with Crippen molar-refractivity contribution in [2.75, 3.05) is 10.6 Å². The maximum atomic E-state index is 12.8. The lowest BCUT2D eigenvalue weighted by molar-refractivity contribution is -0.137. The molecule has 0 unspecified atom stereocenters. The zero-order valence-electron chi connectivity index (χ0n) is 13.3. The van der Waals surface area contributed by atoms with Crippen LogP contribution in [0.3, 0.4) is 0 Å². The van der Waals surface area contributed by atoms with Gasteiger partial charge in [0, 0.05) is 17.3 Å².